The average Bonchev–Trinajstić information content (AvgIpc) is 3.45. The SMILES string of the molecule is CC(OP(=O)(Oc1ccccc1)c1ccccc1)=C(C(=O)OCc1ccc([N+](=O)[O-])cc1)N1C(=O)C2N=C(Cc3ccccc3)SC21. The van der Waals surface area contributed by atoms with Crippen LogP contribution in [0, 0.1) is 10.1 Å². The molecule has 3 unspecified atom stereocenters. The fraction of sp³-hybridized carbons (Fsp3) is 0.147. The third-order valence-corrected chi connectivity index (χ3v) is 10.5. The molecule has 0 aromatic heterocycles. The second kappa shape index (κ2) is 13.7. The smallest absolute Gasteiger partial charge is 0.456 e. The first kappa shape index (κ1) is 31.8. The second-order valence-electron chi connectivity index (χ2n) is 10.6. The number of likely N-dealkylation sites (tertiary alicyclic amines) is 1. The number of carbonyl (C=O) groups is 2. The van der Waals surface area contributed by atoms with Crippen LogP contribution in [0.15, 0.2) is 132 Å². The summed E-state index contributed by atoms with van der Waals surface area (Å²) in [5.74, 6) is -1.22. The van der Waals surface area contributed by atoms with Crippen LogP contribution in [0.3, 0.4) is 0 Å². The Balaban J connectivity index is 1.31. The molecule has 1 saturated heterocycles. The number of esters is 1. The molecule has 1 fully saturated rings. The first-order valence-corrected chi connectivity index (χ1v) is 17.0. The van der Waals surface area contributed by atoms with Crippen molar-refractivity contribution in [2.24, 2.45) is 4.99 Å². The number of thioether (sulfide) groups is 1. The molecule has 0 bridgehead atoms. The van der Waals surface area contributed by atoms with Gasteiger partial charge in [-0.3, -0.25) is 24.8 Å². The van der Waals surface area contributed by atoms with Gasteiger partial charge in [-0.15, -0.1) is 0 Å². The Kier molecular flexibility index (Phi) is 9.24. The molecule has 4 aromatic rings. The zero-order chi connectivity index (χ0) is 33.0. The predicted octanol–water partition coefficient (Wildman–Crippen LogP) is 6.41. The van der Waals surface area contributed by atoms with Gasteiger partial charge in [-0.05, 0) is 54.4 Å². The highest BCUT2D eigenvalue weighted by atomic mass is 32.2. The number of amides is 1. The number of aliphatic imine (C=N–C) groups is 1. The van der Waals surface area contributed by atoms with E-state index in [1.54, 1.807) is 60.7 Å². The highest BCUT2D eigenvalue weighted by molar-refractivity contribution is 8.14. The van der Waals surface area contributed by atoms with Gasteiger partial charge in [0, 0.05) is 18.6 Å². The minimum atomic E-state index is -4.17. The van der Waals surface area contributed by atoms with Gasteiger partial charge in [0.25, 0.3) is 11.6 Å². The van der Waals surface area contributed by atoms with Crippen molar-refractivity contribution in [3.05, 3.63) is 148 Å². The molecule has 3 atom stereocenters. The molecule has 0 aliphatic carbocycles. The van der Waals surface area contributed by atoms with E-state index in [0.29, 0.717) is 12.0 Å². The maximum absolute atomic E-state index is 14.5. The fourth-order valence-electron chi connectivity index (χ4n) is 5.03. The number of hydrogen-bond acceptors (Lipinski definition) is 10. The quantitative estimate of drug-likeness (QED) is 0.0319. The Hall–Kier alpha value is -5.19. The molecule has 11 nitrogen and oxygen atoms in total. The first-order chi connectivity index (χ1) is 22.7. The Morgan fingerprint density at radius 3 is 2.17 bits per heavy atom. The Labute approximate surface area is 274 Å². The lowest BCUT2D eigenvalue weighted by molar-refractivity contribution is -0.384. The van der Waals surface area contributed by atoms with Crippen molar-refractivity contribution in [3.8, 4) is 5.75 Å². The molecule has 4 aromatic carbocycles. The number of carbonyl (C=O) groups excluding carboxylic acids is 2. The number of hydrogen-bond donors (Lipinski definition) is 0. The molecular weight excluding hydrogens is 641 g/mol. The number of β-lactam (4-membered cyclic amide) rings is 1. The zero-order valence-electron chi connectivity index (χ0n) is 25.0. The summed E-state index contributed by atoms with van der Waals surface area (Å²) in [6.07, 6.45) is 0.521. The van der Waals surface area contributed by atoms with Gasteiger partial charge >= 0.3 is 13.6 Å². The van der Waals surface area contributed by atoms with Crippen molar-refractivity contribution in [2.75, 3.05) is 0 Å². The number of allylic oxidation sites excluding steroid dienone is 1. The number of nitro benzene ring substituents is 1. The van der Waals surface area contributed by atoms with Crippen LogP contribution >= 0.6 is 19.4 Å². The van der Waals surface area contributed by atoms with Gasteiger partial charge in [0.1, 0.15) is 23.5 Å². The van der Waals surface area contributed by atoms with Gasteiger partial charge in [-0.1, -0.05) is 78.5 Å². The van der Waals surface area contributed by atoms with Gasteiger partial charge in [0.05, 0.1) is 15.3 Å². The van der Waals surface area contributed by atoms with Gasteiger partial charge in [0.2, 0.25) is 0 Å². The lowest BCUT2D eigenvalue weighted by atomic mass is 10.1. The average molecular weight is 670 g/mol. The number of rotatable bonds is 12. The van der Waals surface area contributed by atoms with Crippen molar-refractivity contribution in [1.82, 2.24) is 4.90 Å². The van der Waals surface area contributed by atoms with Gasteiger partial charge < -0.3 is 13.8 Å². The minimum Gasteiger partial charge on any atom is -0.456 e. The van der Waals surface area contributed by atoms with Gasteiger partial charge in [-0.25, -0.2) is 9.36 Å². The molecule has 47 heavy (non-hydrogen) atoms. The summed E-state index contributed by atoms with van der Waals surface area (Å²) in [7, 11) is -4.17. The number of nitrogens with zero attached hydrogens (tertiary/aromatic N) is 3. The summed E-state index contributed by atoms with van der Waals surface area (Å²) in [6, 6.07) is 31.3. The standard InChI is InChI=1S/C34H28N3O8PS/c1-23(44-46(42,28-15-9-4-10-16-28)45-27-13-7-3-8-14-27)31(34(39)43-22-25-17-19-26(20-18-25)37(40)41)36-32(38)30-33(36)47-29(35-30)21-24-11-5-2-6-12-24/h2-20,30,33H,21-22H2,1H3. The molecular formula is C34H28N3O8PS. The highest BCUT2D eigenvalue weighted by Gasteiger charge is 2.56. The lowest BCUT2D eigenvalue weighted by Gasteiger charge is -2.41. The van der Waals surface area contributed by atoms with Crippen molar-refractivity contribution < 1.29 is 32.9 Å². The molecule has 2 aliphatic rings. The third kappa shape index (κ3) is 6.98. The van der Waals surface area contributed by atoms with E-state index < -0.39 is 35.8 Å². The molecule has 2 aliphatic heterocycles. The molecule has 6 rings (SSSR count). The van der Waals surface area contributed by atoms with E-state index in [9.17, 15) is 24.3 Å². The largest absolute Gasteiger partial charge is 0.462 e. The van der Waals surface area contributed by atoms with Crippen molar-refractivity contribution >= 4 is 47.3 Å². The highest BCUT2D eigenvalue weighted by Crippen LogP contribution is 2.51. The third-order valence-electron chi connectivity index (χ3n) is 7.34. The summed E-state index contributed by atoms with van der Waals surface area (Å²) in [6.45, 7) is 1.18. The van der Waals surface area contributed by atoms with Gasteiger partial charge in [-0.2, -0.15) is 0 Å². The summed E-state index contributed by atoms with van der Waals surface area (Å²) in [4.78, 5) is 43.8. The van der Waals surface area contributed by atoms with E-state index in [2.05, 4.69) is 4.99 Å². The first-order valence-electron chi connectivity index (χ1n) is 14.5. The minimum absolute atomic E-state index is 0.109. The topological polar surface area (TPSA) is 138 Å². The van der Waals surface area contributed by atoms with E-state index in [4.69, 9.17) is 13.8 Å². The zero-order valence-corrected chi connectivity index (χ0v) is 26.7. The lowest BCUT2D eigenvalue weighted by Crippen LogP contribution is -2.61. The Morgan fingerprint density at radius 1 is 0.915 bits per heavy atom. The number of fused-ring (bicyclic) bond motifs is 1. The number of non-ortho nitro benzene ring substituents is 1. The normalized spacial score (nSPS) is 18.5. The number of ether oxygens (including phenoxy) is 1. The summed E-state index contributed by atoms with van der Waals surface area (Å²) in [5, 5.41) is 11.5. The van der Waals surface area contributed by atoms with Crippen molar-refractivity contribution in [1.29, 1.82) is 0 Å². The van der Waals surface area contributed by atoms with Crippen molar-refractivity contribution in [3.63, 3.8) is 0 Å². The van der Waals surface area contributed by atoms with Crippen LogP contribution in [0.2, 0.25) is 0 Å². The van der Waals surface area contributed by atoms with E-state index in [1.165, 1.54) is 47.9 Å². The number of benzene rings is 4. The summed E-state index contributed by atoms with van der Waals surface area (Å²) < 4.78 is 32.1. The van der Waals surface area contributed by atoms with Crippen LogP contribution in [-0.4, -0.2) is 38.2 Å². The molecule has 238 valence electrons. The molecule has 2 heterocycles. The summed E-state index contributed by atoms with van der Waals surface area (Å²) >= 11 is 1.36. The summed E-state index contributed by atoms with van der Waals surface area (Å²) in [5.41, 5.74) is 1.16. The van der Waals surface area contributed by atoms with Crippen LogP contribution in [0.4, 0.5) is 5.69 Å². The van der Waals surface area contributed by atoms with Crippen LogP contribution in [0.1, 0.15) is 18.1 Å². The number of para-hydroxylation sites is 1. The molecule has 0 radical (unpaired) electrons. The maximum atomic E-state index is 14.5. The van der Waals surface area contributed by atoms with Crippen LogP contribution in [0.5, 0.6) is 5.75 Å². The van der Waals surface area contributed by atoms with Gasteiger partial charge in [0.15, 0.2) is 11.7 Å². The molecule has 13 heteroatoms. The second-order valence-corrected chi connectivity index (χ2v) is 13.6. The molecule has 0 N–H and O–H groups in total. The maximum Gasteiger partial charge on any atom is 0.462 e. The van der Waals surface area contributed by atoms with Crippen molar-refractivity contribution in [2.45, 2.75) is 31.4 Å². The van der Waals surface area contributed by atoms with Crippen LogP contribution < -0.4 is 9.83 Å². The monoisotopic (exact) mass is 669 g/mol. The fourth-order valence-corrected chi connectivity index (χ4v) is 7.98. The Morgan fingerprint density at radius 2 is 1.53 bits per heavy atom. The Bertz CT molecular complexity index is 1900. The molecule has 0 saturated carbocycles. The van der Waals surface area contributed by atoms with E-state index in [1.807, 2.05) is 30.3 Å². The van der Waals surface area contributed by atoms with E-state index in [0.717, 1.165) is 10.6 Å². The molecule has 0 spiro atoms. The number of nitro groups is 1. The van der Waals surface area contributed by atoms with Crippen LogP contribution in [0.25, 0.3) is 0 Å². The van der Waals surface area contributed by atoms with E-state index >= 15 is 0 Å². The predicted molar refractivity (Wildman–Crippen MR) is 177 cm³/mol. The molecule has 1 amide bonds. The van der Waals surface area contributed by atoms with Crippen LogP contribution in [-0.2, 0) is 36.4 Å². The van der Waals surface area contributed by atoms with E-state index in [-0.39, 0.29) is 34.8 Å².